The number of benzene rings is 1. The second-order valence-corrected chi connectivity index (χ2v) is 16.2. The van der Waals surface area contributed by atoms with Crippen LogP contribution in [0.15, 0.2) is 51.8 Å². The minimum absolute atomic E-state index is 0.0500. The molecule has 0 spiro atoms. The SMILES string of the molecule is CC1=CC[C@@H](/C(C)=C/c2csc(C)n2)OC(=O)C[C@H](C)C(C)(C)C(=O)[C@H](C)[C@@H](C)[C@@H](C)CC[C@@H]1OS(=O)(=O)c1ccc(C)cc1. The summed E-state index contributed by atoms with van der Waals surface area (Å²) in [7, 11) is -4.05. The van der Waals surface area contributed by atoms with Crippen LogP contribution in [0.2, 0.25) is 0 Å². The summed E-state index contributed by atoms with van der Waals surface area (Å²) in [6.07, 6.45) is 4.11. The fourth-order valence-electron chi connectivity index (χ4n) is 5.74. The van der Waals surface area contributed by atoms with Crippen molar-refractivity contribution in [3.05, 3.63) is 63.1 Å². The predicted molar refractivity (Wildman–Crippen MR) is 181 cm³/mol. The average molecular weight is 658 g/mol. The lowest BCUT2D eigenvalue weighted by molar-refractivity contribution is -0.150. The number of Topliss-reactive ketones (excluding diaryl/α,β-unsaturated/α-hetero) is 1. The molecule has 0 unspecified atom stereocenters. The monoisotopic (exact) mass is 657 g/mol. The molecule has 0 bridgehead atoms. The first kappa shape index (κ1) is 36.8. The number of carbonyl (C=O) groups is 2. The fraction of sp³-hybridized carbons (Fsp3) is 0.583. The lowest BCUT2D eigenvalue weighted by atomic mass is 9.67. The number of ketones is 1. The highest BCUT2D eigenvalue weighted by atomic mass is 32.2. The van der Waals surface area contributed by atoms with E-state index >= 15 is 0 Å². The quantitative estimate of drug-likeness (QED) is 0.181. The molecule has 2 aromatic rings. The average Bonchev–Trinajstić information content (AvgIpc) is 3.39. The van der Waals surface area contributed by atoms with Crippen molar-refractivity contribution in [3.63, 3.8) is 0 Å². The van der Waals surface area contributed by atoms with E-state index in [0.717, 1.165) is 27.4 Å². The van der Waals surface area contributed by atoms with Gasteiger partial charge in [0.15, 0.2) is 0 Å². The molecule has 0 fully saturated rings. The molecule has 0 N–H and O–H groups in total. The zero-order valence-corrected chi connectivity index (χ0v) is 30.2. The summed E-state index contributed by atoms with van der Waals surface area (Å²) >= 11 is 1.54. The van der Waals surface area contributed by atoms with Gasteiger partial charge in [0.1, 0.15) is 11.9 Å². The van der Waals surface area contributed by atoms with E-state index < -0.39 is 27.7 Å². The minimum Gasteiger partial charge on any atom is -0.457 e. The van der Waals surface area contributed by atoms with Crippen LogP contribution in [0.5, 0.6) is 0 Å². The number of esters is 1. The van der Waals surface area contributed by atoms with Crippen molar-refractivity contribution in [2.45, 2.75) is 112 Å². The van der Waals surface area contributed by atoms with Crippen LogP contribution in [0.1, 0.15) is 97.3 Å². The van der Waals surface area contributed by atoms with Crippen molar-refractivity contribution in [2.24, 2.45) is 29.1 Å². The molecule has 3 rings (SSSR count). The Balaban J connectivity index is 2.03. The molecule has 0 amide bonds. The first-order chi connectivity index (χ1) is 20.9. The van der Waals surface area contributed by atoms with Gasteiger partial charge in [-0.15, -0.1) is 11.3 Å². The number of aromatic nitrogens is 1. The molecule has 0 aliphatic carbocycles. The van der Waals surface area contributed by atoms with Gasteiger partial charge in [-0.1, -0.05) is 65.3 Å². The van der Waals surface area contributed by atoms with Crippen molar-refractivity contribution in [3.8, 4) is 0 Å². The van der Waals surface area contributed by atoms with Gasteiger partial charge in [-0.25, -0.2) is 4.98 Å². The summed E-state index contributed by atoms with van der Waals surface area (Å²) in [6.45, 7) is 19.6. The smallest absolute Gasteiger partial charge is 0.306 e. The number of nitrogens with zero attached hydrogens (tertiary/aromatic N) is 1. The summed E-state index contributed by atoms with van der Waals surface area (Å²) in [5.41, 5.74) is 2.58. The van der Waals surface area contributed by atoms with Gasteiger partial charge in [-0.3, -0.25) is 13.8 Å². The summed E-state index contributed by atoms with van der Waals surface area (Å²) < 4.78 is 38.8. The Hall–Kier alpha value is -2.62. The topological polar surface area (TPSA) is 99.6 Å². The van der Waals surface area contributed by atoms with E-state index in [2.05, 4.69) is 18.8 Å². The second kappa shape index (κ2) is 15.3. The first-order valence-electron chi connectivity index (χ1n) is 15.9. The van der Waals surface area contributed by atoms with Crippen LogP contribution in [-0.4, -0.2) is 37.4 Å². The molecule has 2 heterocycles. The van der Waals surface area contributed by atoms with Gasteiger partial charge in [-0.2, -0.15) is 8.42 Å². The highest BCUT2D eigenvalue weighted by Gasteiger charge is 2.40. The van der Waals surface area contributed by atoms with Crippen LogP contribution in [-0.2, 0) is 28.6 Å². The van der Waals surface area contributed by atoms with E-state index in [-0.39, 0.29) is 46.7 Å². The van der Waals surface area contributed by atoms with Gasteiger partial charge < -0.3 is 4.74 Å². The number of rotatable bonds is 5. The Morgan fingerprint density at radius 3 is 2.29 bits per heavy atom. The summed E-state index contributed by atoms with van der Waals surface area (Å²) in [5.74, 6) is -0.539. The van der Waals surface area contributed by atoms with Crippen LogP contribution in [0, 0.1) is 42.9 Å². The fourth-order valence-corrected chi connectivity index (χ4v) is 7.44. The van der Waals surface area contributed by atoms with Gasteiger partial charge in [0.25, 0.3) is 10.1 Å². The van der Waals surface area contributed by atoms with Crippen LogP contribution in [0.4, 0.5) is 0 Å². The molecule has 1 aliphatic rings. The van der Waals surface area contributed by atoms with Crippen molar-refractivity contribution in [2.75, 3.05) is 0 Å². The maximum absolute atomic E-state index is 13.8. The molecular weight excluding hydrogens is 607 g/mol. The van der Waals surface area contributed by atoms with Gasteiger partial charge in [0.2, 0.25) is 0 Å². The summed E-state index contributed by atoms with van der Waals surface area (Å²) in [4.78, 5) is 31.8. The highest BCUT2D eigenvalue weighted by molar-refractivity contribution is 7.86. The number of ether oxygens (including phenoxy) is 1. The van der Waals surface area contributed by atoms with Gasteiger partial charge in [0, 0.05) is 29.6 Å². The van der Waals surface area contributed by atoms with Crippen LogP contribution >= 0.6 is 11.3 Å². The van der Waals surface area contributed by atoms with Crippen molar-refractivity contribution in [1.82, 2.24) is 4.98 Å². The van der Waals surface area contributed by atoms with Gasteiger partial charge in [0.05, 0.1) is 21.7 Å². The van der Waals surface area contributed by atoms with E-state index in [0.29, 0.717) is 19.3 Å². The van der Waals surface area contributed by atoms with Crippen LogP contribution < -0.4 is 0 Å². The summed E-state index contributed by atoms with van der Waals surface area (Å²) in [6, 6.07) is 6.62. The molecule has 0 radical (unpaired) electrons. The number of hydrogen-bond acceptors (Lipinski definition) is 8. The van der Waals surface area contributed by atoms with E-state index in [1.807, 2.05) is 72.9 Å². The van der Waals surface area contributed by atoms with Crippen molar-refractivity contribution >= 4 is 39.3 Å². The molecule has 6 atom stereocenters. The highest BCUT2D eigenvalue weighted by Crippen LogP contribution is 2.38. The maximum atomic E-state index is 13.8. The Bertz CT molecular complexity index is 1500. The molecule has 7 nitrogen and oxygen atoms in total. The zero-order valence-electron chi connectivity index (χ0n) is 28.5. The van der Waals surface area contributed by atoms with E-state index in [1.54, 1.807) is 35.6 Å². The summed E-state index contributed by atoms with van der Waals surface area (Å²) in [5, 5.41) is 2.89. The lowest BCUT2D eigenvalue weighted by Crippen LogP contribution is -2.40. The molecule has 248 valence electrons. The molecule has 1 aromatic carbocycles. The number of cyclic esters (lactones) is 1. The Morgan fingerprint density at radius 1 is 1.04 bits per heavy atom. The second-order valence-electron chi connectivity index (χ2n) is 13.6. The normalized spacial score (nSPS) is 28.0. The van der Waals surface area contributed by atoms with E-state index in [4.69, 9.17) is 8.92 Å². The standard InChI is InChI=1S/C36H51NO6S2/c1-22-11-15-31(16-12-22)45(40,41)43-33-18-13-23(2)27(6)28(7)35(39)36(9,10)26(5)20-34(38)42-32(17-14-24(33)3)25(4)19-30-21-44-29(8)37-30/h11-12,14-16,19,21,23,26-28,32-33H,13,17-18,20H2,1-10H3/b24-14?,25-19+/t23-,26-,27-,28+,32-,33-/m0/s1. The first-order valence-corrected chi connectivity index (χ1v) is 18.2. The Labute approximate surface area is 274 Å². The zero-order chi connectivity index (χ0) is 33.7. The number of hydrogen-bond donors (Lipinski definition) is 0. The van der Waals surface area contributed by atoms with Gasteiger partial charge >= 0.3 is 5.97 Å². The van der Waals surface area contributed by atoms with Crippen LogP contribution in [0.3, 0.4) is 0 Å². The lowest BCUT2D eigenvalue weighted by Gasteiger charge is -2.36. The number of thiazole rings is 1. The molecule has 1 aromatic heterocycles. The third-order valence-corrected chi connectivity index (χ3v) is 12.0. The Morgan fingerprint density at radius 2 is 1.69 bits per heavy atom. The van der Waals surface area contributed by atoms with E-state index in [9.17, 15) is 18.0 Å². The van der Waals surface area contributed by atoms with Crippen molar-refractivity contribution in [1.29, 1.82) is 0 Å². The molecule has 0 saturated carbocycles. The molecule has 45 heavy (non-hydrogen) atoms. The van der Waals surface area contributed by atoms with E-state index in [1.165, 1.54) is 0 Å². The van der Waals surface area contributed by atoms with Crippen molar-refractivity contribution < 1.29 is 26.9 Å². The third-order valence-electron chi connectivity index (χ3n) is 9.83. The Kier molecular flexibility index (Phi) is 12.5. The van der Waals surface area contributed by atoms with Gasteiger partial charge in [-0.05, 0) is 87.6 Å². The molecular formula is C36H51NO6S2. The largest absolute Gasteiger partial charge is 0.457 e. The third kappa shape index (κ3) is 9.69. The van der Waals surface area contributed by atoms with Crippen LogP contribution in [0.25, 0.3) is 6.08 Å². The predicted octanol–water partition coefficient (Wildman–Crippen LogP) is 8.51. The maximum Gasteiger partial charge on any atom is 0.306 e. The molecule has 0 saturated heterocycles. The molecule has 1 aliphatic heterocycles. The molecule has 9 heteroatoms. The number of carbonyl (C=O) groups excluding carboxylic acids is 2. The number of aryl methyl sites for hydroxylation is 2. The minimum atomic E-state index is -4.05.